The van der Waals surface area contributed by atoms with Gasteiger partial charge >= 0.3 is 6.03 Å². The van der Waals surface area contributed by atoms with E-state index in [2.05, 4.69) is 31.0 Å². The van der Waals surface area contributed by atoms with E-state index >= 15 is 0 Å². The molecule has 5 rings (SSSR count). The number of benzene rings is 2. The molecule has 0 spiro atoms. The highest BCUT2D eigenvalue weighted by Crippen LogP contribution is 2.39. The third kappa shape index (κ3) is 6.42. The second-order valence-corrected chi connectivity index (χ2v) is 12.7. The third-order valence-electron chi connectivity index (χ3n) is 4.88. The number of imide groups is 2. The summed E-state index contributed by atoms with van der Waals surface area (Å²) in [7, 11) is 0. The van der Waals surface area contributed by atoms with Crippen molar-refractivity contribution in [1.29, 1.82) is 0 Å². The van der Waals surface area contributed by atoms with Gasteiger partial charge in [-0.05, 0) is 24.3 Å². The van der Waals surface area contributed by atoms with E-state index in [9.17, 15) is 14.4 Å². The lowest BCUT2D eigenvalue weighted by atomic mass is 10.2. The van der Waals surface area contributed by atoms with Gasteiger partial charge in [0.05, 0.1) is 15.7 Å². The summed E-state index contributed by atoms with van der Waals surface area (Å²) in [5, 5.41) is 25.3. The summed E-state index contributed by atoms with van der Waals surface area (Å²) in [4.78, 5) is 36.7. The SMILES string of the molecule is O=C1NC(=O)C(=C(SCc2nnc(-c3ccc(Cl)cc3)s2)SCc2nnc(-c3ccc(Cl)cc3)s2)C(=O)N1. The maximum atomic E-state index is 12.6. The van der Waals surface area contributed by atoms with Crippen molar-refractivity contribution >= 4 is 87.2 Å². The maximum Gasteiger partial charge on any atom is 0.328 e. The lowest BCUT2D eigenvalue weighted by molar-refractivity contribution is -0.124. The number of urea groups is 1. The normalized spacial score (nSPS) is 13.4. The van der Waals surface area contributed by atoms with Crippen molar-refractivity contribution in [2.45, 2.75) is 11.5 Å². The Kier molecular flexibility index (Phi) is 8.41. The number of carbonyl (C=O) groups is 3. The Balaban J connectivity index is 1.33. The van der Waals surface area contributed by atoms with Gasteiger partial charge in [0.25, 0.3) is 11.8 Å². The Morgan fingerprint density at radius 3 is 1.53 bits per heavy atom. The highest BCUT2D eigenvalue weighted by atomic mass is 35.5. The van der Waals surface area contributed by atoms with E-state index in [-0.39, 0.29) is 5.57 Å². The molecule has 0 radical (unpaired) electrons. The first-order valence-corrected chi connectivity index (χ1v) is 15.0. The van der Waals surface area contributed by atoms with Gasteiger partial charge in [-0.2, -0.15) is 0 Å². The van der Waals surface area contributed by atoms with Gasteiger partial charge in [0.1, 0.15) is 25.6 Å². The van der Waals surface area contributed by atoms with Gasteiger partial charge in [0.15, 0.2) is 0 Å². The summed E-state index contributed by atoms with van der Waals surface area (Å²) < 4.78 is 0.430. The van der Waals surface area contributed by atoms with E-state index in [0.29, 0.717) is 35.8 Å². The van der Waals surface area contributed by atoms with Gasteiger partial charge in [-0.1, -0.05) is 70.1 Å². The molecule has 4 aromatic rings. The topological polar surface area (TPSA) is 127 Å². The summed E-state index contributed by atoms with van der Waals surface area (Å²) in [5.41, 5.74) is 1.63. The van der Waals surface area contributed by atoms with Crippen LogP contribution in [0.3, 0.4) is 0 Å². The molecule has 0 saturated carbocycles. The van der Waals surface area contributed by atoms with Crippen LogP contribution >= 0.6 is 69.4 Å². The van der Waals surface area contributed by atoms with Crippen LogP contribution in [0.15, 0.2) is 58.3 Å². The number of barbiturate groups is 1. The Hall–Kier alpha value is -2.81. The third-order valence-corrected chi connectivity index (χ3v) is 10.2. The largest absolute Gasteiger partial charge is 0.328 e. The molecule has 9 nitrogen and oxygen atoms in total. The summed E-state index contributed by atoms with van der Waals surface area (Å²) in [5.74, 6) is -0.797. The van der Waals surface area contributed by atoms with E-state index in [1.807, 2.05) is 24.3 Å². The van der Waals surface area contributed by atoms with Crippen molar-refractivity contribution in [3.05, 3.63) is 78.4 Å². The number of hydrogen-bond acceptors (Lipinski definition) is 11. The van der Waals surface area contributed by atoms with Crippen molar-refractivity contribution in [3.63, 3.8) is 0 Å². The minimum absolute atomic E-state index is 0.135. The van der Waals surface area contributed by atoms with Gasteiger partial charge in [-0.25, -0.2) is 4.79 Å². The van der Waals surface area contributed by atoms with Gasteiger partial charge in [0, 0.05) is 21.2 Å². The molecule has 3 heterocycles. The van der Waals surface area contributed by atoms with Crippen LogP contribution in [0.4, 0.5) is 4.79 Å². The van der Waals surface area contributed by atoms with Crippen LogP contribution in [0.25, 0.3) is 21.1 Å². The minimum atomic E-state index is -0.855. The number of carbonyl (C=O) groups excluding carboxylic acids is 3. The van der Waals surface area contributed by atoms with Crippen LogP contribution < -0.4 is 10.6 Å². The number of amides is 4. The number of hydrogen-bond donors (Lipinski definition) is 2. The number of nitrogens with one attached hydrogen (secondary N) is 2. The maximum absolute atomic E-state index is 12.6. The van der Waals surface area contributed by atoms with Crippen LogP contribution in [0.1, 0.15) is 10.0 Å². The van der Waals surface area contributed by atoms with Crippen LogP contribution in [-0.4, -0.2) is 38.2 Å². The molecular formula is C23H14Cl2N6O3S4. The Bertz CT molecular complexity index is 1440. The molecule has 1 aliphatic heterocycles. The van der Waals surface area contributed by atoms with Crippen LogP contribution in [0.5, 0.6) is 0 Å². The van der Waals surface area contributed by atoms with E-state index < -0.39 is 17.8 Å². The summed E-state index contributed by atoms with van der Waals surface area (Å²) in [6.45, 7) is 0. The molecule has 2 N–H and O–H groups in total. The second kappa shape index (κ2) is 11.9. The van der Waals surface area contributed by atoms with Gasteiger partial charge in [0.2, 0.25) is 0 Å². The number of rotatable bonds is 8. The summed E-state index contributed by atoms with van der Waals surface area (Å²) >= 11 is 17.2. The fourth-order valence-corrected chi connectivity index (χ4v) is 7.46. The number of aromatic nitrogens is 4. The van der Waals surface area contributed by atoms with Crippen molar-refractivity contribution in [3.8, 4) is 21.1 Å². The molecule has 0 unspecified atom stereocenters. The van der Waals surface area contributed by atoms with Crippen LogP contribution in [0, 0.1) is 0 Å². The molecule has 0 atom stereocenters. The van der Waals surface area contributed by atoms with Crippen molar-refractivity contribution in [1.82, 2.24) is 31.0 Å². The molecule has 15 heteroatoms. The average Bonchev–Trinajstić information content (AvgIpc) is 3.56. The van der Waals surface area contributed by atoms with Gasteiger partial charge < -0.3 is 0 Å². The van der Waals surface area contributed by atoms with Crippen LogP contribution in [-0.2, 0) is 21.1 Å². The molecule has 1 saturated heterocycles. The first-order chi connectivity index (χ1) is 18.4. The second-order valence-electron chi connectivity index (χ2n) is 7.49. The molecular weight excluding hydrogens is 607 g/mol. The zero-order chi connectivity index (χ0) is 26.6. The highest BCUT2D eigenvalue weighted by molar-refractivity contribution is 8.21. The molecule has 4 amide bonds. The molecule has 192 valence electrons. The van der Waals surface area contributed by atoms with Crippen molar-refractivity contribution in [2.75, 3.05) is 0 Å². The Morgan fingerprint density at radius 2 is 1.11 bits per heavy atom. The standard InChI is InChI=1S/C23H14Cl2N6O3S4/c24-13-5-1-11(2-6-13)20-30-28-15(37-20)9-35-22(17-18(32)26-23(34)27-19(17)33)36-10-16-29-31-21(38-16)12-3-7-14(25)8-4-12/h1-8H,9-10H2,(H2,26,27,32,33,34). The monoisotopic (exact) mass is 620 g/mol. The van der Waals surface area contributed by atoms with E-state index in [4.69, 9.17) is 23.2 Å². The summed E-state index contributed by atoms with van der Waals surface area (Å²) in [6.07, 6.45) is 0. The highest BCUT2D eigenvalue weighted by Gasteiger charge is 2.32. The Morgan fingerprint density at radius 1 is 0.684 bits per heavy atom. The smallest absolute Gasteiger partial charge is 0.273 e. The summed E-state index contributed by atoms with van der Waals surface area (Å²) in [6, 6.07) is 13.7. The van der Waals surface area contributed by atoms with Crippen molar-refractivity contribution < 1.29 is 14.4 Å². The molecule has 2 aromatic heterocycles. The fraction of sp³-hybridized carbons (Fsp3) is 0.0870. The van der Waals surface area contributed by atoms with Gasteiger partial charge in [-0.3, -0.25) is 20.2 Å². The first kappa shape index (κ1) is 26.8. The van der Waals surface area contributed by atoms with Crippen LogP contribution in [0.2, 0.25) is 10.0 Å². The van der Waals surface area contributed by atoms with E-state index in [1.165, 1.54) is 46.2 Å². The first-order valence-electron chi connectivity index (χ1n) is 10.7. The number of halogens is 2. The molecule has 0 aliphatic carbocycles. The molecule has 1 fully saturated rings. The Labute approximate surface area is 242 Å². The number of thioether (sulfide) groups is 2. The van der Waals surface area contributed by atoms with E-state index in [0.717, 1.165) is 21.1 Å². The van der Waals surface area contributed by atoms with Crippen molar-refractivity contribution in [2.24, 2.45) is 0 Å². The lowest BCUT2D eigenvalue weighted by Gasteiger charge is -2.17. The molecule has 1 aliphatic rings. The fourth-order valence-electron chi connectivity index (χ4n) is 3.13. The minimum Gasteiger partial charge on any atom is -0.273 e. The predicted molar refractivity (Wildman–Crippen MR) is 152 cm³/mol. The zero-order valence-corrected chi connectivity index (χ0v) is 23.7. The lowest BCUT2D eigenvalue weighted by Crippen LogP contribution is -2.51. The molecule has 38 heavy (non-hydrogen) atoms. The number of nitrogens with zero attached hydrogens (tertiary/aromatic N) is 4. The quantitative estimate of drug-likeness (QED) is 0.186. The zero-order valence-electron chi connectivity index (χ0n) is 18.9. The predicted octanol–water partition coefficient (Wildman–Crippen LogP) is 5.77. The molecule has 2 aromatic carbocycles. The average molecular weight is 622 g/mol. The van der Waals surface area contributed by atoms with E-state index in [1.54, 1.807) is 24.3 Å². The molecule has 0 bridgehead atoms. The van der Waals surface area contributed by atoms with Gasteiger partial charge in [-0.15, -0.1) is 43.9 Å².